The molecule has 3 aromatic carbocycles. The number of allylic oxidation sites excluding steroid dienone is 4. The van der Waals surface area contributed by atoms with Crippen LogP contribution in [0.25, 0.3) is 0 Å². The number of hydrogen-bond donors (Lipinski definition) is 0. The van der Waals surface area contributed by atoms with Gasteiger partial charge in [-0.1, -0.05) is 104 Å². The summed E-state index contributed by atoms with van der Waals surface area (Å²) in [5, 5.41) is 0. The van der Waals surface area contributed by atoms with Crippen molar-refractivity contribution in [2.24, 2.45) is 10.9 Å². The molecule has 1 nitrogen and oxygen atoms in total. The summed E-state index contributed by atoms with van der Waals surface area (Å²) in [7, 11) is 0. The Bertz CT molecular complexity index is 1140. The summed E-state index contributed by atoms with van der Waals surface area (Å²) in [6.07, 6.45) is 6.91. The van der Waals surface area contributed by atoms with Gasteiger partial charge in [-0.05, 0) is 40.8 Å². The van der Waals surface area contributed by atoms with Crippen molar-refractivity contribution >= 4 is 23.2 Å². The van der Waals surface area contributed by atoms with Crippen LogP contribution in [0.2, 0.25) is 0 Å². The van der Waals surface area contributed by atoms with Crippen LogP contribution in [0.4, 0.5) is 5.69 Å². The molecule has 148 valence electrons. The van der Waals surface area contributed by atoms with Gasteiger partial charge < -0.3 is 0 Å². The Labute approximate surface area is 183 Å². The summed E-state index contributed by atoms with van der Waals surface area (Å²) >= 11 is 1.86. The SMILES string of the molecule is CC(c1ccccc1)c1ccc2c(c1)SC1=CC(C(C)c3ccccc3)C=CC1=N2. The molecule has 0 radical (unpaired) electrons. The van der Waals surface area contributed by atoms with Crippen molar-refractivity contribution in [2.45, 2.75) is 30.6 Å². The van der Waals surface area contributed by atoms with Crippen LogP contribution in [-0.2, 0) is 0 Å². The van der Waals surface area contributed by atoms with E-state index >= 15 is 0 Å². The highest BCUT2D eigenvalue weighted by molar-refractivity contribution is 8.04. The fourth-order valence-corrected chi connectivity index (χ4v) is 5.32. The largest absolute Gasteiger partial charge is 0.247 e. The Morgan fingerprint density at radius 2 is 1.50 bits per heavy atom. The maximum atomic E-state index is 4.95. The van der Waals surface area contributed by atoms with Gasteiger partial charge in [0.05, 0.1) is 11.4 Å². The Kier molecular flexibility index (Phi) is 5.18. The fourth-order valence-electron chi connectivity index (χ4n) is 4.23. The van der Waals surface area contributed by atoms with Crippen LogP contribution in [0, 0.1) is 5.92 Å². The Morgan fingerprint density at radius 3 is 2.23 bits per heavy atom. The predicted molar refractivity (Wildman–Crippen MR) is 129 cm³/mol. The van der Waals surface area contributed by atoms with Gasteiger partial charge in [-0.3, -0.25) is 0 Å². The molecule has 0 bridgehead atoms. The molecule has 3 aromatic rings. The molecule has 0 N–H and O–H groups in total. The average molecular weight is 408 g/mol. The highest BCUT2D eigenvalue weighted by Crippen LogP contribution is 2.45. The maximum absolute atomic E-state index is 4.95. The second-order valence-corrected chi connectivity index (χ2v) is 9.21. The third-order valence-corrected chi connectivity index (χ3v) is 7.33. The lowest BCUT2D eigenvalue weighted by Gasteiger charge is -2.26. The molecule has 0 spiro atoms. The van der Waals surface area contributed by atoms with Crippen molar-refractivity contribution in [1.29, 1.82) is 0 Å². The van der Waals surface area contributed by atoms with Gasteiger partial charge in [-0.2, -0.15) is 0 Å². The molecule has 2 aliphatic rings. The minimum Gasteiger partial charge on any atom is -0.247 e. The summed E-state index contributed by atoms with van der Waals surface area (Å²) in [6, 6.07) is 28.2. The highest BCUT2D eigenvalue weighted by Gasteiger charge is 2.24. The van der Waals surface area contributed by atoms with Crippen molar-refractivity contribution in [1.82, 2.24) is 0 Å². The number of benzene rings is 3. The minimum atomic E-state index is 0.369. The van der Waals surface area contributed by atoms with E-state index in [1.807, 2.05) is 11.8 Å². The Hall–Kier alpha value is -2.84. The normalized spacial score (nSPS) is 19.2. The molecule has 2 heteroatoms. The zero-order valence-corrected chi connectivity index (χ0v) is 18.1. The van der Waals surface area contributed by atoms with Crippen molar-refractivity contribution in [3.05, 3.63) is 119 Å². The van der Waals surface area contributed by atoms with E-state index in [0.29, 0.717) is 17.8 Å². The number of nitrogens with zero attached hydrogens (tertiary/aromatic N) is 1. The number of aliphatic imine (C=N–C) groups is 1. The van der Waals surface area contributed by atoms with Gasteiger partial charge >= 0.3 is 0 Å². The summed E-state index contributed by atoms with van der Waals surface area (Å²) < 4.78 is 0. The molecule has 30 heavy (non-hydrogen) atoms. The van der Waals surface area contributed by atoms with Gasteiger partial charge in [0.2, 0.25) is 0 Å². The van der Waals surface area contributed by atoms with E-state index in [-0.39, 0.29) is 0 Å². The van der Waals surface area contributed by atoms with E-state index < -0.39 is 0 Å². The first-order chi connectivity index (χ1) is 14.7. The molecule has 0 saturated carbocycles. The van der Waals surface area contributed by atoms with E-state index in [1.54, 1.807) is 0 Å². The molecular formula is C28H25NS. The zero-order valence-electron chi connectivity index (χ0n) is 17.3. The fraction of sp³-hybridized carbons (Fsp3) is 0.179. The van der Waals surface area contributed by atoms with E-state index in [4.69, 9.17) is 4.99 Å². The van der Waals surface area contributed by atoms with E-state index in [1.165, 1.54) is 26.5 Å². The smallest absolute Gasteiger partial charge is 0.0776 e. The first-order valence-electron chi connectivity index (χ1n) is 10.6. The van der Waals surface area contributed by atoms with Gasteiger partial charge in [0, 0.05) is 21.6 Å². The standard InChI is InChI=1S/C28H25NS/c1-19(21-9-5-3-6-10-21)23-13-15-25-27(17-23)30-28-18-24(14-16-26(28)29-25)20(2)22-11-7-4-8-12-22/h3-20,23H,1-2H3. The molecule has 0 fully saturated rings. The van der Waals surface area contributed by atoms with Gasteiger partial charge in [-0.15, -0.1) is 0 Å². The van der Waals surface area contributed by atoms with Crippen LogP contribution < -0.4 is 0 Å². The van der Waals surface area contributed by atoms with E-state index in [9.17, 15) is 0 Å². The van der Waals surface area contributed by atoms with E-state index in [2.05, 4.69) is 111 Å². The first-order valence-corrected chi connectivity index (χ1v) is 11.4. The van der Waals surface area contributed by atoms with E-state index in [0.717, 1.165) is 11.4 Å². The zero-order chi connectivity index (χ0) is 20.5. The van der Waals surface area contributed by atoms with Gasteiger partial charge in [0.15, 0.2) is 0 Å². The van der Waals surface area contributed by atoms with Crippen molar-refractivity contribution in [3.63, 3.8) is 0 Å². The first kappa shape index (κ1) is 19.1. The molecular weight excluding hydrogens is 382 g/mol. The Balaban J connectivity index is 1.43. The number of fused-ring (bicyclic) bond motifs is 2. The van der Waals surface area contributed by atoms with Gasteiger partial charge in [0.1, 0.15) is 0 Å². The molecule has 3 atom stereocenters. The van der Waals surface area contributed by atoms with Crippen molar-refractivity contribution in [3.8, 4) is 0 Å². The van der Waals surface area contributed by atoms with Crippen molar-refractivity contribution < 1.29 is 0 Å². The van der Waals surface area contributed by atoms with Crippen LogP contribution in [0.3, 0.4) is 0 Å². The van der Waals surface area contributed by atoms with Crippen LogP contribution in [0.1, 0.15) is 42.4 Å². The molecule has 1 aliphatic heterocycles. The van der Waals surface area contributed by atoms with Gasteiger partial charge in [-0.25, -0.2) is 4.99 Å². The number of rotatable bonds is 4. The molecule has 1 aliphatic carbocycles. The lowest BCUT2D eigenvalue weighted by atomic mass is 9.85. The van der Waals surface area contributed by atoms with Crippen LogP contribution in [0.15, 0.2) is 112 Å². The summed E-state index contributed by atoms with van der Waals surface area (Å²) in [4.78, 5) is 7.48. The molecule has 0 aromatic heterocycles. The molecule has 0 amide bonds. The molecule has 5 rings (SSSR count). The molecule has 1 heterocycles. The second kappa shape index (κ2) is 8.12. The van der Waals surface area contributed by atoms with Crippen molar-refractivity contribution in [2.75, 3.05) is 0 Å². The summed E-state index contributed by atoms with van der Waals surface area (Å²) in [5.41, 5.74) is 6.24. The van der Waals surface area contributed by atoms with Crippen LogP contribution in [0.5, 0.6) is 0 Å². The summed E-state index contributed by atoms with van der Waals surface area (Å²) in [5.74, 6) is 1.21. The summed E-state index contributed by atoms with van der Waals surface area (Å²) in [6.45, 7) is 4.59. The second-order valence-electron chi connectivity index (χ2n) is 8.13. The predicted octanol–water partition coefficient (Wildman–Crippen LogP) is 7.89. The molecule has 3 unspecified atom stereocenters. The number of hydrogen-bond acceptors (Lipinski definition) is 2. The Morgan fingerprint density at radius 1 is 0.800 bits per heavy atom. The third kappa shape index (κ3) is 3.68. The lowest BCUT2D eigenvalue weighted by Crippen LogP contribution is -2.13. The van der Waals surface area contributed by atoms with Gasteiger partial charge in [0.25, 0.3) is 0 Å². The number of thioether (sulfide) groups is 1. The third-order valence-electron chi connectivity index (χ3n) is 6.22. The van der Waals surface area contributed by atoms with Crippen LogP contribution in [-0.4, -0.2) is 5.71 Å². The molecule has 0 saturated heterocycles. The monoisotopic (exact) mass is 407 g/mol. The average Bonchev–Trinajstić information content (AvgIpc) is 2.82. The van der Waals surface area contributed by atoms with Crippen LogP contribution >= 0.6 is 11.8 Å². The topological polar surface area (TPSA) is 12.4 Å². The minimum absolute atomic E-state index is 0.369. The quantitative estimate of drug-likeness (QED) is 0.428. The highest BCUT2D eigenvalue weighted by atomic mass is 32.2. The lowest BCUT2D eigenvalue weighted by molar-refractivity contribution is 0.645. The maximum Gasteiger partial charge on any atom is 0.0776 e.